The van der Waals surface area contributed by atoms with Gasteiger partial charge in [-0.3, -0.25) is 0 Å². The lowest BCUT2D eigenvalue weighted by molar-refractivity contribution is 0.669. The number of para-hydroxylation sites is 1. The van der Waals surface area contributed by atoms with E-state index >= 15 is 0 Å². The number of fused-ring (bicyclic) bond motifs is 9. The highest BCUT2D eigenvalue weighted by molar-refractivity contribution is 6.06. The average molecular weight is 830 g/mol. The Bertz CT molecular complexity index is 3570. The zero-order valence-corrected chi connectivity index (χ0v) is 35.9. The molecule has 10 aromatic carbocycles. The highest BCUT2D eigenvalue weighted by Gasteiger charge is 2.47. The zero-order chi connectivity index (χ0) is 43.1. The summed E-state index contributed by atoms with van der Waals surface area (Å²) in [6.45, 7) is 2.40. The van der Waals surface area contributed by atoms with Gasteiger partial charge in [-0.15, -0.1) is 0 Å². The van der Waals surface area contributed by atoms with Crippen LogP contribution in [0.5, 0.6) is 0 Å². The maximum Gasteiger partial charge on any atom is 0.135 e. The number of nitrogens with zero attached hydrogens (tertiary/aromatic N) is 1. The highest BCUT2D eigenvalue weighted by Crippen LogP contribution is 2.60. The van der Waals surface area contributed by atoms with Crippen molar-refractivity contribution in [3.05, 3.63) is 282 Å². The first-order chi connectivity index (χ1) is 32.1. The first-order valence-corrected chi connectivity index (χ1v) is 22.6. The number of anilines is 3. The van der Waals surface area contributed by atoms with Crippen molar-refractivity contribution in [2.24, 2.45) is 0 Å². The van der Waals surface area contributed by atoms with Gasteiger partial charge in [0.2, 0.25) is 0 Å². The summed E-state index contributed by atoms with van der Waals surface area (Å²) in [5.74, 6) is 0. The van der Waals surface area contributed by atoms with Gasteiger partial charge < -0.3 is 9.32 Å². The van der Waals surface area contributed by atoms with Crippen LogP contribution in [0.15, 0.2) is 247 Å². The fraction of sp³-hybridized carbons (Fsp3) is 0.0476. The van der Waals surface area contributed by atoms with Gasteiger partial charge in [0.05, 0.1) is 11.1 Å². The van der Waals surface area contributed by atoms with E-state index in [2.05, 4.69) is 242 Å². The molecule has 0 amide bonds. The Morgan fingerprint density at radius 1 is 0.354 bits per heavy atom. The van der Waals surface area contributed by atoms with E-state index in [1.54, 1.807) is 0 Å². The van der Waals surface area contributed by atoms with Crippen LogP contribution in [0.4, 0.5) is 17.1 Å². The predicted octanol–water partition coefficient (Wildman–Crippen LogP) is 16.4. The van der Waals surface area contributed by atoms with Crippen molar-refractivity contribution >= 4 is 39.0 Å². The summed E-state index contributed by atoms with van der Waals surface area (Å²) in [5, 5.41) is 2.26. The Labute approximate surface area is 379 Å². The second-order valence-corrected chi connectivity index (χ2v) is 17.7. The van der Waals surface area contributed by atoms with Crippen LogP contribution in [0.2, 0.25) is 0 Å². The molecule has 1 atom stereocenters. The summed E-state index contributed by atoms with van der Waals surface area (Å²) >= 11 is 0. The van der Waals surface area contributed by atoms with Gasteiger partial charge in [-0.25, -0.2) is 0 Å². The Morgan fingerprint density at radius 2 is 0.908 bits per heavy atom. The lowest BCUT2D eigenvalue weighted by atomic mass is 9.68. The second kappa shape index (κ2) is 14.4. The summed E-state index contributed by atoms with van der Waals surface area (Å²) in [6, 6.07) is 89.3. The number of rotatable bonds is 7. The Morgan fingerprint density at radius 3 is 1.65 bits per heavy atom. The van der Waals surface area contributed by atoms with Crippen LogP contribution < -0.4 is 4.90 Å². The summed E-state index contributed by atoms with van der Waals surface area (Å²) in [4.78, 5) is 2.51. The van der Waals surface area contributed by atoms with Crippen molar-refractivity contribution in [2.45, 2.75) is 17.8 Å². The average Bonchev–Trinajstić information content (AvgIpc) is 4.00. The topological polar surface area (TPSA) is 16.4 Å². The van der Waals surface area contributed by atoms with Crippen molar-refractivity contribution in [1.29, 1.82) is 0 Å². The van der Waals surface area contributed by atoms with E-state index in [1.807, 2.05) is 12.1 Å². The molecule has 1 unspecified atom stereocenters. The monoisotopic (exact) mass is 829 g/mol. The quantitative estimate of drug-likeness (QED) is 0.159. The van der Waals surface area contributed by atoms with E-state index < -0.39 is 5.41 Å². The molecule has 0 saturated heterocycles. The van der Waals surface area contributed by atoms with E-state index in [9.17, 15) is 0 Å². The largest absolute Gasteiger partial charge is 0.456 e. The Hall–Kier alpha value is -8.20. The van der Waals surface area contributed by atoms with Gasteiger partial charge in [-0.05, 0) is 122 Å². The van der Waals surface area contributed by atoms with Crippen molar-refractivity contribution in [3.8, 4) is 33.4 Å². The SMILES string of the molecule is CC1(c2ccccc2)c2ccccc2-c2ccc(N(c3ccc(-c4ccc5oc6ccccc6c5c4)cc3)c3cccc4c3-c3ccccc3C4(c3ccccc3)c3ccccc3)cc21. The molecule has 65 heavy (non-hydrogen) atoms. The number of hydrogen-bond acceptors (Lipinski definition) is 2. The molecule has 0 N–H and O–H groups in total. The van der Waals surface area contributed by atoms with E-state index in [0.717, 1.165) is 50.1 Å². The fourth-order valence-electron chi connectivity index (χ4n) is 11.5. The zero-order valence-electron chi connectivity index (χ0n) is 35.9. The van der Waals surface area contributed by atoms with Crippen LogP contribution in [0.3, 0.4) is 0 Å². The van der Waals surface area contributed by atoms with Crippen LogP contribution >= 0.6 is 0 Å². The maximum atomic E-state index is 6.21. The third-order valence-electron chi connectivity index (χ3n) is 14.4. The van der Waals surface area contributed by atoms with Gasteiger partial charge in [0.1, 0.15) is 11.2 Å². The normalized spacial score (nSPS) is 15.3. The van der Waals surface area contributed by atoms with Crippen molar-refractivity contribution in [2.75, 3.05) is 4.90 Å². The smallest absolute Gasteiger partial charge is 0.135 e. The van der Waals surface area contributed by atoms with Crippen molar-refractivity contribution in [1.82, 2.24) is 0 Å². The Balaban J connectivity index is 1.05. The molecule has 2 heteroatoms. The molecule has 1 aromatic heterocycles. The minimum atomic E-state index is -0.526. The minimum absolute atomic E-state index is 0.352. The highest BCUT2D eigenvalue weighted by atomic mass is 16.3. The van der Waals surface area contributed by atoms with Gasteiger partial charge in [0.15, 0.2) is 0 Å². The molecule has 2 aliphatic carbocycles. The molecular formula is C63H43NO. The lowest BCUT2D eigenvalue weighted by Crippen LogP contribution is -2.28. The standard InChI is InChI=1S/C63H43NO/c1-62(44-18-5-2-6-19-44)54-27-14-11-24-49(54)50-38-37-48(41-57(50)62)64(47-35-32-42(33-36-47)43-34-39-60-53(40-43)51-25-13-16-31-59(51)65-60)58-30-17-29-56-61(58)52-26-12-15-28-55(52)63(56,45-20-7-3-8-21-45)46-22-9-4-10-23-46/h2-41H,1H3. The molecule has 0 spiro atoms. The van der Waals surface area contributed by atoms with Gasteiger partial charge in [-0.1, -0.05) is 194 Å². The fourth-order valence-corrected chi connectivity index (χ4v) is 11.5. The van der Waals surface area contributed by atoms with Crippen molar-refractivity contribution < 1.29 is 4.42 Å². The molecule has 1 heterocycles. The molecule has 13 rings (SSSR count). The molecule has 306 valence electrons. The predicted molar refractivity (Wildman–Crippen MR) is 269 cm³/mol. The molecule has 0 fully saturated rings. The van der Waals surface area contributed by atoms with Crippen molar-refractivity contribution in [3.63, 3.8) is 0 Å². The molecule has 0 aliphatic heterocycles. The molecular weight excluding hydrogens is 787 g/mol. The Kier molecular flexibility index (Phi) is 8.29. The molecule has 2 aliphatic rings. The van der Waals surface area contributed by atoms with Crippen LogP contribution in [-0.2, 0) is 10.8 Å². The van der Waals surface area contributed by atoms with E-state index in [4.69, 9.17) is 4.42 Å². The van der Waals surface area contributed by atoms with Crippen LogP contribution in [0, 0.1) is 0 Å². The second-order valence-electron chi connectivity index (χ2n) is 17.7. The van der Waals surface area contributed by atoms with Crippen LogP contribution in [-0.4, -0.2) is 0 Å². The third kappa shape index (κ3) is 5.41. The maximum absolute atomic E-state index is 6.21. The number of benzene rings is 10. The summed E-state index contributed by atoms with van der Waals surface area (Å²) in [5.41, 5.74) is 20.6. The van der Waals surface area contributed by atoms with Crippen LogP contribution in [0.1, 0.15) is 45.9 Å². The molecule has 0 bridgehead atoms. The van der Waals surface area contributed by atoms with E-state index in [1.165, 1.54) is 61.2 Å². The van der Waals surface area contributed by atoms with Crippen LogP contribution in [0.25, 0.3) is 55.3 Å². The first-order valence-electron chi connectivity index (χ1n) is 22.6. The van der Waals surface area contributed by atoms with Gasteiger partial charge in [0.25, 0.3) is 0 Å². The summed E-state index contributed by atoms with van der Waals surface area (Å²) in [6.07, 6.45) is 0. The molecule has 0 saturated carbocycles. The number of furan rings is 1. The molecule has 2 nitrogen and oxygen atoms in total. The van der Waals surface area contributed by atoms with Gasteiger partial charge >= 0.3 is 0 Å². The molecule has 0 radical (unpaired) electrons. The van der Waals surface area contributed by atoms with Gasteiger partial charge in [-0.2, -0.15) is 0 Å². The minimum Gasteiger partial charge on any atom is -0.456 e. The summed E-state index contributed by atoms with van der Waals surface area (Å²) in [7, 11) is 0. The number of hydrogen-bond donors (Lipinski definition) is 0. The molecule has 11 aromatic rings. The lowest BCUT2D eigenvalue weighted by Gasteiger charge is -2.34. The van der Waals surface area contributed by atoms with E-state index in [-0.39, 0.29) is 5.41 Å². The summed E-state index contributed by atoms with van der Waals surface area (Å²) < 4.78 is 6.21. The van der Waals surface area contributed by atoms with E-state index in [0.29, 0.717) is 0 Å². The third-order valence-corrected chi connectivity index (χ3v) is 14.4. The first kappa shape index (κ1) is 37.4. The van der Waals surface area contributed by atoms with Gasteiger partial charge in [0, 0.05) is 33.1 Å².